The molecule has 0 unspecified atom stereocenters. The number of carboxylic acids is 1. The Kier molecular flexibility index (Phi) is 2.34. The van der Waals surface area contributed by atoms with Gasteiger partial charge in [0.25, 0.3) is 0 Å². The smallest absolute Gasteiger partial charge is 0.353 e. The fraction of sp³-hybridized carbons (Fsp3) is 0.167. The van der Waals surface area contributed by atoms with E-state index in [1.165, 1.54) is 16.7 Å². The molecule has 2 aliphatic rings. The fourth-order valence-electron chi connectivity index (χ4n) is 2.15. The van der Waals surface area contributed by atoms with Crippen molar-refractivity contribution >= 4 is 34.2 Å². The monoisotopic (exact) mass is 262 g/mol. The van der Waals surface area contributed by atoms with Gasteiger partial charge < -0.3 is 10.8 Å². The van der Waals surface area contributed by atoms with Crippen molar-refractivity contribution in [1.82, 2.24) is 4.90 Å². The summed E-state index contributed by atoms with van der Waals surface area (Å²) in [5, 5.41) is 9.18. The number of fused-ring (bicyclic) bond motifs is 1. The molecule has 2 heterocycles. The van der Waals surface area contributed by atoms with Crippen LogP contribution in [0.25, 0.3) is 4.91 Å². The van der Waals surface area contributed by atoms with Crippen LogP contribution in [0.2, 0.25) is 0 Å². The van der Waals surface area contributed by atoms with E-state index in [9.17, 15) is 14.7 Å². The maximum atomic E-state index is 11.5. The number of carboxylic acid groups (broad SMARTS) is 1. The van der Waals surface area contributed by atoms with E-state index in [0.717, 1.165) is 0 Å². The van der Waals surface area contributed by atoms with E-state index >= 15 is 0 Å². The number of amides is 1. The highest BCUT2D eigenvalue weighted by atomic mass is 32.2. The number of anilines is 1. The zero-order valence-electron chi connectivity index (χ0n) is 9.29. The Morgan fingerprint density at radius 2 is 2.17 bits per heavy atom. The van der Waals surface area contributed by atoms with Gasteiger partial charge in [0.1, 0.15) is 5.70 Å². The summed E-state index contributed by atoms with van der Waals surface area (Å²) in [6.07, 6.45) is 0.387. The van der Waals surface area contributed by atoms with Crippen molar-refractivity contribution in [2.75, 3.05) is 5.73 Å². The minimum absolute atomic E-state index is 0.0548. The zero-order valence-corrected chi connectivity index (χ0v) is 10.1. The number of nitrogen functional groups attached to an aromatic ring is 1. The highest BCUT2D eigenvalue weighted by Gasteiger charge is 2.48. The third-order valence-electron chi connectivity index (χ3n) is 3.02. The second kappa shape index (κ2) is 3.78. The van der Waals surface area contributed by atoms with Crippen LogP contribution in [0, 0.1) is 0 Å². The van der Waals surface area contributed by atoms with Crippen LogP contribution in [0.15, 0.2) is 30.0 Å². The van der Waals surface area contributed by atoms with Gasteiger partial charge in [0.2, 0.25) is 5.91 Å². The van der Waals surface area contributed by atoms with Crippen molar-refractivity contribution < 1.29 is 14.7 Å². The molecule has 0 aromatic heterocycles. The number of β-lactam (4-membered cyclic amide) rings is 1. The largest absolute Gasteiger partial charge is 0.477 e. The summed E-state index contributed by atoms with van der Waals surface area (Å²) in [6, 6.07) is 7.09. The summed E-state index contributed by atoms with van der Waals surface area (Å²) >= 11 is 1.39. The van der Waals surface area contributed by atoms with Gasteiger partial charge in [0.15, 0.2) is 0 Å². The van der Waals surface area contributed by atoms with Gasteiger partial charge >= 0.3 is 5.97 Å². The molecule has 2 aliphatic heterocycles. The van der Waals surface area contributed by atoms with Gasteiger partial charge in [0.05, 0.1) is 11.8 Å². The van der Waals surface area contributed by atoms with Crippen molar-refractivity contribution in [3.63, 3.8) is 0 Å². The molecule has 0 aliphatic carbocycles. The van der Waals surface area contributed by atoms with Crippen molar-refractivity contribution in [2.45, 2.75) is 11.8 Å². The number of carbonyl (C=O) groups is 2. The van der Waals surface area contributed by atoms with Crippen LogP contribution in [-0.2, 0) is 9.59 Å². The van der Waals surface area contributed by atoms with Crippen LogP contribution >= 0.6 is 11.8 Å². The van der Waals surface area contributed by atoms with E-state index in [0.29, 0.717) is 22.6 Å². The first-order valence-corrected chi connectivity index (χ1v) is 6.28. The molecule has 0 bridgehead atoms. The number of nitrogens with two attached hydrogens (primary N) is 1. The van der Waals surface area contributed by atoms with Crippen molar-refractivity contribution in [1.29, 1.82) is 0 Å². The van der Waals surface area contributed by atoms with E-state index < -0.39 is 5.97 Å². The average Bonchev–Trinajstić information content (AvgIpc) is 2.63. The Hall–Kier alpha value is -1.95. The molecule has 1 saturated heterocycles. The van der Waals surface area contributed by atoms with Gasteiger partial charge in [-0.2, -0.15) is 0 Å². The molecular formula is C12H10N2O3S. The lowest BCUT2D eigenvalue weighted by atomic mass is 10.1. The molecule has 1 fully saturated rings. The highest BCUT2D eigenvalue weighted by Crippen LogP contribution is 2.51. The summed E-state index contributed by atoms with van der Waals surface area (Å²) in [5.74, 6) is -1.23. The van der Waals surface area contributed by atoms with E-state index in [2.05, 4.69) is 0 Å². The third kappa shape index (κ3) is 1.42. The number of carbonyl (C=O) groups excluding carboxylic acids is 1. The number of hydrogen-bond donors (Lipinski definition) is 2. The van der Waals surface area contributed by atoms with Gasteiger partial charge in [0, 0.05) is 16.2 Å². The van der Waals surface area contributed by atoms with Gasteiger partial charge in [-0.25, -0.2) is 4.79 Å². The van der Waals surface area contributed by atoms with Crippen LogP contribution in [0.1, 0.15) is 12.0 Å². The number of hydrogen-bond acceptors (Lipinski definition) is 4. The Morgan fingerprint density at radius 3 is 2.78 bits per heavy atom. The van der Waals surface area contributed by atoms with Crippen LogP contribution in [0.4, 0.5) is 5.69 Å². The predicted octanol–water partition coefficient (Wildman–Crippen LogP) is 1.33. The number of nitrogens with zero attached hydrogens (tertiary/aromatic N) is 1. The van der Waals surface area contributed by atoms with Crippen molar-refractivity contribution in [3.8, 4) is 0 Å². The van der Waals surface area contributed by atoms with E-state index in [1.54, 1.807) is 24.3 Å². The van der Waals surface area contributed by atoms with E-state index in [4.69, 9.17) is 5.73 Å². The zero-order chi connectivity index (χ0) is 12.9. The second-order valence-corrected chi connectivity index (χ2v) is 5.30. The Morgan fingerprint density at radius 1 is 1.44 bits per heavy atom. The molecule has 3 N–H and O–H groups in total. The second-order valence-electron chi connectivity index (χ2n) is 4.11. The maximum Gasteiger partial charge on any atom is 0.353 e. The number of thioether (sulfide) groups is 1. The lowest BCUT2D eigenvalue weighted by Crippen LogP contribution is -2.48. The molecule has 0 radical (unpaired) electrons. The van der Waals surface area contributed by atoms with Gasteiger partial charge in [-0.15, -0.1) is 0 Å². The van der Waals surface area contributed by atoms with Crippen LogP contribution in [-0.4, -0.2) is 27.3 Å². The average molecular weight is 262 g/mol. The summed E-state index contributed by atoms with van der Waals surface area (Å²) in [6.45, 7) is 0. The highest BCUT2D eigenvalue weighted by molar-refractivity contribution is 8.09. The summed E-state index contributed by atoms with van der Waals surface area (Å²) in [4.78, 5) is 24.7. The van der Waals surface area contributed by atoms with E-state index in [1.807, 2.05) is 0 Å². The molecular weight excluding hydrogens is 252 g/mol. The van der Waals surface area contributed by atoms with Gasteiger partial charge in [-0.1, -0.05) is 30.0 Å². The molecule has 92 valence electrons. The van der Waals surface area contributed by atoms with Gasteiger partial charge in [-0.05, 0) is 6.07 Å². The molecule has 1 amide bonds. The summed E-state index contributed by atoms with van der Waals surface area (Å²) < 4.78 is 0. The maximum absolute atomic E-state index is 11.5. The Balaban J connectivity index is 2.14. The van der Waals surface area contributed by atoms with Crippen LogP contribution in [0.3, 0.4) is 0 Å². The number of benzene rings is 1. The third-order valence-corrected chi connectivity index (χ3v) is 4.32. The van der Waals surface area contributed by atoms with Crippen molar-refractivity contribution in [2.24, 2.45) is 0 Å². The van der Waals surface area contributed by atoms with Crippen LogP contribution in [0.5, 0.6) is 0 Å². The lowest BCUT2D eigenvalue weighted by Gasteiger charge is -2.33. The topological polar surface area (TPSA) is 83.6 Å². The first-order valence-electron chi connectivity index (χ1n) is 5.40. The standard InChI is InChI=1S/C12H10N2O3S/c13-7-4-2-1-3-6(7)11-10(12(16)17)14-8(15)5-9(14)18-11/h1-4,9H,5,13H2,(H,16,17)/t9-/m0/s1. The molecule has 1 aromatic carbocycles. The molecule has 6 heteroatoms. The lowest BCUT2D eigenvalue weighted by molar-refractivity contribution is -0.145. The quantitative estimate of drug-likeness (QED) is 0.620. The number of rotatable bonds is 2. The molecule has 1 aromatic rings. The number of aliphatic carboxylic acids is 1. The fourth-order valence-corrected chi connectivity index (χ4v) is 3.58. The van der Waals surface area contributed by atoms with E-state index in [-0.39, 0.29) is 17.0 Å². The predicted molar refractivity (Wildman–Crippen MR) is 68.3 cm³/mol. The molecule has 0 spiro atoms. The Bertz CT molecular complexity index is 597. The number of para-hydroxylation sites is 1. The molecule has 18 heavy (non-hydrogen) atoms. The first kappa shape index (κ1) is 11.2. The molecule has 1 atom stereocenters. The Labute approximate surface area is 107 Å². The molecule has 3 rings (SSSR count). The SMILES string of the molecule is Nc1ccccc1C1=C(C(=O)O)N2C(=O)C[C@@H]2S1. The normalized spacial score (nSPS) is 21.9. The minimum Gasteiger partial charge on any atom is -0.477 e. The minimum atomic E-state index is -1.09. The first-order chi connectivity index (χ1) is 8.59. The molecule has 0 saturated carbocycles. The van der Waals surface area contributed by atoms with Gasteiger partial charge in [-0.3, -0.25) is 9.69 Å². The summed E-state index contributed by atoms with van der Waals surface area (Å²) in [5.41, 5.74) is 7.12. The molecule has 5 nitrogen and oxygen atoms in total. The van der Waals surface area contributed by atoms with Crippen molar-refractivity contribution in [3.05, 3.63) is 35.5 Å². The summed E-state index contributed by atoms with van der Waals surface area (Å²) in [7, 11) is 0. The van der Waals surface area contributed by atoms with Crippen LogP contribution < -0.4 is 5.73 Å².